The molecular weight excluding hydrogens is 390 g/mol. The SMILES string of the molecule is O=C(NCCO)c1cccc(-c2cccc3cc(Oc4cccc(Cl)c4)oc23)c1. The Morgan fingerprint density at radius 3 is 2.69 bits per heavy atom. The highest BCUT2D eigenvalue weighted by molar-refractivity contribution is 6.30. The molecule has 2 N–H and O–H groups in total. The second kappa shape index (κ2) is 8.39. The number of amides is 1. The fraction of sp³-hybridized carbons (Fsp3) is 0.0870. The Morgan fingerprint density at radius 1 is 1.03 bits per heavy atom. The minimum absolute atomic E-state index is 0.105. The van der Waals surface area contributed by atoms with Gasteiger partial charge in [-0.15, -0.1) is 0 Å². The summed E-state index contributed by atoms with van der Waals surface area (Å²) in [7, 11) is 0. The Kier molecular flexibility index (Phi) is 5.51. The van der Waals surface area contributed by atoms with Crippen molar-refractivity contribution in [1.82, 2.24) is 5.32 Å². The van der Waals surface area contributed by atoms with Crippen LogP contribution in [-0.2, 0) is 0 Å². The molecule has 6 heteroatoms. The highest BCUT2D eigenvalue weighted by Gasteiger charge is 2.13. The van der Waals surface area contributed by atoms with E-state index < -0.39 is 0 Å². The first-order valence-electron chi connectivity index (χ1n) is 9.09. The fourth-order valence-electron chi connectivity index (χ4n) is 3.06. The summed E-state index contributed by atoms with van der Waals surface area (Å²) in [5.41, 5.74) is 2.86. The van der Waals surface area contributed by atoms with Gasteiger partial charge in [-0.1, -0.05) is 48.0 Å². The molecule has 0 fully saturated rings. The highest BCUT2D eigenvalue weighted by atomic mass is 35.5. The van der Waals surface area contributed by atoms with E-state index in [4.69, 9.17) is 25.9 Å². The number of nitrogens with one attached hydrogen (secondary N) is 1. The van der Waals surface area contributed by atoms with Crippen LogP contribution in [0.25, 0.3) is 22.1 Å². The number of carbonyl (C=O) groups is 1. The van der Waals surface area contributed by atoms with Gasteiger partial charge in [0, 0.05) is 34.1 Å². The lowest BCUT2D eigenvalue weighted by atomic mass is 10.0. The van der Waals surface area contributed by atoms with Gasteiger partial charge in [-0.2, -0.15) is 0 Å². The van der Waals surface area contributed by atoms with Crippen LogP contribution in [0.2, 0.25) is 5.02 Å². The number of rotatable bonds is 6. The van der Waals surface area contributed by atoms with Crippen LogP contribution < -0.4 is 10.1 Å². The molecule has 0 bridgehead atoms. The first-order chi connectivity index (χ1) is 14.1. The van der Waals surface area contributed by atoms with Crippen molar-refractivity contribution in [2.75, 3.05) is 13.2 Å². The van der Waals surface area contributed by atoms with E-state index in [0.29, 0.717) is 27.9 Å². The molecule has 0 aliphatic rings. The summed E-state index contributed by atoms with van der Waals surface area (Å²) in [5.74, 6) is 0.699. The Balaban J connectivity index is 1.68. The summed E-state index contributed by atoms with van der Waals surface area (Å²) in [4.78, 5) is 12.2. The van der Waals surface area contributed by atoms with Crippen LogP contribution in [0.1, 0.15) is 10.4 Å². The van der Waals surface area contributed by atoms with Gasteiger partial charge in [-0.05, 0) is 35.9 Å². The number of furan rings is 1. The number of hydrogen-bond donors (Lipinski definition) is 2. The van der Waals surface area contributed by atoms with Gasteiger partial charge in [-0.25, -0.2) is 0 Å². The molecule has 5 nitrogen and oxygen atoms in total. The Bertz CT molecular complexity index is 1170. The van der Waals surface area contributed by atoms with Crippen LogP contribution in [0, 0.1) is 0 Å². The molecule has 3 aromatic carbocycles. The molecule has 0 spiro atoms. The number of aliphatic hydroxyl groups excluding tert-OH is 1. The van der Waals surface area contributed by atoms with Crippen molar-refractivity contribution in [2.24, 2.45) is 0 Å². The monoisotopic (exact) mass is 407 g/mol. The van der Waals surface area contributed by atoms with Crippen LogP contribution in [0.15, 0.2) is 77.2 Å². The minimum atomic E-state index is -0.238. The van der Waals surface area contributed by atoms with Crippen molar-refractivity contribution in [3.8, 4) is 22.8 Å². The van der Waals surface area contributed by atoms with Crippen molar-refractivity contribution in [2.45, 2.75) is 0 Å². The summed E-state index contributed by atoms with van der Waals surface area (Å²) >= 11 is 6.01. The van der Waals surface area contributed by atoms with Crippen molar-refractivity contribution < 1.29 is 19.1 Å². The molecule has 0 saturated carbocycles. The van der Waals surface area contributed by atoms with Crippen molar-refractivity contribution in [3.63, 3.8) is 0 Å². The standard InChI is InChI=1S/C23H18ClNO4/c24-18-7-3-8-19(14-18)28-21-13-16-5-2-9-20(22(16)29-21)15-4-1-6-17(12-15)23(27)25-10-11-26/h1-9,12-14,26H,10-11H2,(H,25,27). The lowest BCUT2D eigenvalue weighted by molar-refractivity contribution is 0.0945. The molecule has 146 valence electrons. The van der Waals surface area contributed by atoms with E-state index in [1.807, 2.05) is 36.4 Å². The Labute approximate surface area is 172 Å². The average molecular weight is 408 g/mol. The molecule has 29 heavy (non-hydrogen) atoms. The number of halogens is 1. The van der Waals surface area contributed by atoms with E-state index in [1.54, 1.807) is 36.4 Å². The van der Waals surface area contributed by atoms with Gasteiger partial charge >= 0.3 is 0 Å². The molecule has 4 aromatic rings. The number of aliphatic hydroxyl groups is 1. The lowest BCUT2D eigenvalue weighted by Gasteiger charge is -2.07. The third-order valence-electron chi connectivity index (χ3n) is 4.37. The van der Waals surface area contributed by atoms with E-state index in [0.717, 1.165) is 16.5 Å². The van der Waals surface area contributed by atoms with Crippen LogP contribution in [0.5, 0.6) is 11.7 Å². The van der Waals surface area contributed by atoms with Crippen LogP contribution >= 0.6 is 11.6 Å². The maximum atomic E-state index is 12.2. The van der Waals surface area contributed by atoms with Gasteiger partial charge in [0.25, 0.3) is 11.9 Å². The molecule has 0 saturated heterocycles. The Hall–Kier alpha value is -3.28. The molecule has 1 heterocycles. The van der Waals surface area contributed by atoms with Gasteiger partial charge in [0.1, 0.15) is 11.3 Å². The van der Waals surface area contributed by atoms with Crippen LogP contribution in [0.4, 0.5) is 0 Å². The van der Waals surface area contributed by atoms with Crippen LogP contribution in [0.3, 0.4) is 0 Å². The van der Waals surface area contributed by atoms with Crippen molar-refractivity contribution in [3.05, 3.63) is 83.4 Å². The molecular formula is C23H18ClNO4. The number of para-hydroxylation sites is 1. The maximum Gasteiger partial charge on any atom is 0.291 e. The zero-order valence-corrected chi connectivity index (χ0v) is 16.1. The summed E-state index contributed by atoms with van der Waals surface area (Å²) < 4.78 is 11.8. The number of ether oxygens (including phenoxy) is 1. The molecule has 0 unspecified atom stereocenters. The first-order valence-corrected chi connectivity index (χ1v) is 9.47. The number of hydrogen-bond acceptors (Lipinski definition) is 4. The summed E-state index contributed by atoms with van der Waals surface area (Å²) in [5, 5.41) is 13.0. The van der Waals surface area contributed by atoms with Gasteiger partial charge in [0.2, 0.25) is 0 Å². The zero-order chi connectivity index (χ0) is 20.2. The van der Waals surface area contributed by atoms with Gasteiger partial charge in [-0.3, -0.25) is 4.79 Å². The van der Waals surface area contributed by atoms with Gasteiger partial charge < -0.3 is 19.6 Å². The predicted molar refractivity (Wildman–Crippen MR) is 113 cm³/mol. The maximum absolute atomic E-state index is 12.2. The Morgan fingerprint density at radius 2 is 1.86 bits per heavy atom. The van der Waals surface area contributed by atoms with E-state index in [2.05, 4.69) is 5.32 Å². The van der Waals surface area contributed by atoms with E-state index in [-0.39, 0.29) is 19.1 Å². The zero-order valence-electron chi connectivity index (χ0n) is 15.4. The topological polar surface area (TPSA) is 71.7 Å². The van der Waals surface area contributed by atoms with E-state index in [1.165, 1.54) is 0 Å². The van der Waals surface area contributed by atoms with E-state index in [9.17, 15) is 4.79 Å². The quantitative estimate of drug-likeness (QED) is 0.457. The van der Waals surface area contributed by atoms with Crippen molar-refractivity contribution in [1.29, 1.82) is 0 Å². The average Bonchev–Trinajstić information content (AvgIpc) is 3.14. The largest absolute Gasteiger partial charge is 0.426 e. The third kappa shape index (κ3) is 4.26. The molecule has 0 atom stereocenters. The summed E-state index contributed by atoms with van der Waals surface area (Å²) in [6.45, 7) is 0.105. The smallest absolute Gasteiger partial charge is 0.291 e. The van der Waals surface area contributed by atoms with Crippen LogP contribution in [-0.4, -0.2) is 24.2 Å². The number of fused-ring (bicyclic) bond motifs is 1. The van der Waals surface area contributed by atoms with Gasteiger partial charge in [0.15, 0.2) is 0 Å². The highest BCUT2D eigenvalue weighted by Crippen LogP contribution is 2.36. The second-order valence-corrected chi connectivity index (χ2v) is 6.85. The fourth-order valence-corrected chi connectivity index (χ4v) is 3.24. The summed E-state index contributed by atoms with van der Waals surface area (Å²) in [6, 6.07) is 21.9. The molecule has 0 aliphatic carbocycles. The number of benzene rings is 3. The molecule has 0 radical (unpaired) electrons. The minimum Gasteiger partial charge on any atom is -0.426 e. The first kappa shape index (κ1) is 19.1. The van der Waals surface area contributed by atoms with Crippen molar-refractivity contribution >= 4 is 28.5 Å². The predicted octanol–water partition coefficient (Wildman–Crippen LogP) is 5.27. The second-order valence-electron chi connectivity index (χ2n) is 6.41. The molecule has 1 aromatic heterocycles. The normalized spacial score (nSPS) is 10.8. The summed E-state index contributed by atoms with van der Waals surface area (Å²) in [6.07, 6.45) is 0. The number of carbonyl (C=O) groups excluding carboxylic acids is 1. The molecule has 0 aliphatic heterocycles. The van der Waals surface area contributed by atoms with E-state index >= 15 is 0 Å². The van der Waals surface area contributed by atoms with Gasteiger partial charge in [0.05, 0.1) is 6.61 Å². The molecule has 4 rings (SSSR count). The lowest BCUT2D eigenvalue weighted by Crippen LogP contribution is -2.26. The third-order valence-corrected chi connectivity index (χ3v) is 4.60. The molecule has 1 amide bonds.